The molecular formula is C16H22N4O3. The summed E-state index contributed by atoms with van der Waals surface area (Å²) in [5.41, 5.74) is 0.201. The van der Waals surface area contributed by atoms with E-state index in [-0.39, 0.29) is 0 Å². The Bertz CT molecular complexity index is 661. The molecule has 0 aliphatic rings. The zero-order valence-corrected chi connectivity index (χ0v) is 13.8. The minimum absolute atomic E-state index is 0.405. The van der Waals surface area contributed by atoms with E-state index < -0.39 is 11.7 Å². The number of rotatable bonds is 5. The van der Waals surface area contributed by atoms with Crippen molar-refractivity contribution in [2.45, 2.75) is 33.3 Å². The Kier molecular flexibility index (Phi) is 5.20. The summed E-state index contributed by atoms with van der Waals surface area (Å²) in [6.07, 6.45) is 1.21. The number of aryl methyl sites for hydroxylation is 1. The van der Waals surface area contributed by atoms with Gasteiger partial charge in [-0.25, -0.2) is 14.8 Å². The van der Waals surface area contributed by atoms with Gasteiger partial charge in [-0.05, 0) is 45.9 Å². The molecule has 0 saturated carbocycles. The zero-order valence-electron chi connectivity index (χ0n) is 13.8. The van der Waals surface area contributed by atoms with Crippen LogP contribution >= 0.6 is 0 Å². The SMILES string of the molecule is Cc1ccc(-c2ccnc(NCCNC(=O)OC(C)(C)C)n2)o1. The van der Waals surface area contributed by atoms with Crippen molar-refractivity contribution in [3.05, 3.63) is 30.2 Å². The molecule has 2 rings (SSSR count). The van der Waals surface area contributed by atoms with Gasteiger partial charge in [-0.2, -0.15) is 0 Å². The fourth-order valence-corrected chi connectivity index (χ4v) is 1.81. The second-order valence-electron chi connectivity index (χ2n) is 6.03. The molecule has 0 radical (unpaired) electrons. The Hall–Kier alpha value is -2.57. The van der Waals surface area contributed by atoms with Gasteiger partial charge in [0.1, 0.15) is 17.1 Å². The van der Waals surface area contributed by atoms with Gasteiger partial charge in [0.15, 0.2) is 5.76 Å². The van der Waals surface area contributed by atoms with E-state index >= 15 is 0 Å². The van der Waals surface area contributed by atoms with Crippen LogP contribution in [-0.2, 0) is 4.74 Å². The summed E-state index contributed by atoms with van der Waals surface area (Å²) < 4.78 is 10.7. The van der Waals surface area contributed by atoms with Crippen LogP contribution in [0.3, 0.4) is 0 Å². The first-order chi connectivity index (χ1) is 10.8. The first kappa shape index (κ1) is 16.8. The van der Waals surface area contributed by atoms with Crippen molar-refractivity contribution < 1.29 is 13.9 Å². The van der Waals surface area contributed by atoms with Crippen molar-refractivity contribution >= 4 is 12.0 Å². The molecule has 0 aromatic carbocycles. The summed E-state index contributed by atoms with van der Waals surface area (Å²) in [5, 5.41) is 5.71. The van der Waals surface area contributed by atoms with Crippen LogP contribution in [0.1, 0.15) is 26.5 Å². The molecule has 7 heteroatoms. The van der Waals surface area contributed by atoms with Crippen LogP contribution in [0.25, 0.3) is 11.5 Å². The number of amides is 1. The van der Waals surface area contributed by atoms with Gasteiger partial charge in [0.25, 0.3) is 0 Å². The van der Waals surface area contributed by atoms with Crippen molar-refractivity contribution in [2.24, 2.45) is 0 Å². The second-order valence-corrected chi connectivity index (χ2v) is 6.03. The van der Waals surface area contributed by atoms with E-state index in [2.05, 4.69) is 20.6 Å². The quantitative estimate of drug-likeness (QED) is 0.824. The maximum absolute atomic E-state index is 11.5. The molecule has 0 saturated heterocycles. The molecule has 0 aliphatic carbocycles. The molecule has 0 aliphatic heterocycles. The molecule has 0 bridgehead atoms. The predicted octanol–water partition coefficient (Wildman–Crippen LogP) is 2.98. The average Bonchev–Trinajstić information content (AvgIpc) is 2.89. The maximum atomic E-state index is 11.5. The Morgan fingerprint density at radius 3 is 2.70 bits per heavy atom. The molecule has 23 heavy (non-hydrogen) atoms. The highest BCUT2D eigenvalue weighted by Gasteiger charge is 2.15. The third-order valence-electron chi connectivity index (χ3n) is 2.72. The lowest BCUT2D eigenvalue weighted by molar-refractivity contribution is 0.0530. The number of nitrogens with one attached hydrogen (secondary N) is 2. The minimum Gasteiger partial charge on any atom is -0.460 e. The van der Waals surface area contributed by atoms with Gasteiger partial charge in [0.05, 0.1) is 0 Å². The molecule has 2 aromatic heterocycles. The number of carbonyl (C=O) groups excluding carboxylic acids is 1. The fraction of sp³-hybridized carbons (Fsp3) is 0.438. The van der Waals surface area contributed by atoms with Gasteiger partial charge in [-0.1, -0.05) is 0 Å². The van der Waals surface area contributed by atoms with E-state index in [1.807, 2.05) is 39.8 Å². The largest absolute Gasteiger partial charge is 0.460 e. The molecular weight excluding hydrogens is 296 g/mol. The summed E-state index contributed by atoms with van der Waals surface area (Å²) in [4.78, 5) is 20.0. The van der Waals surface area contributed by atoms with Crippen molar-refractivity contribution in [2.75, 3.05) is 18.4 Å². The Morgan fingerprint density at radius 1 is 1.26 bits per heavy atom. The van der Waals surface area contributed by atoms with E-state index in [4.69, 9.17) is 9.15 Å². The first-order valence-electron chi connectivity index (χ1n) is 7.44. The molecule has 7 nitrogen and oxygen atoms in total. The Morgan fingerprint density at radius 2 is 2.04 bits per heavy atom. The summed E-state index contributed by atoms with van der Waals surface area (Å²) >= 11 is 0. The highest BCUT2D eigenvalue weighted by molar-refractivity contribution is 5.67. The number of carbonyl (C=O) groups is 1. The van der Waals surface area contributed by atoms with Crippen LogP contribution in [0, 0.1) is 6.92 Å². The highest BCUT2D eigenvalue weighted by atomic mass is 16.6. The molecule has 0 fully saturated rings. The average molecular weight is 318 g/mol. The van der Waals surface area contributed by atoms with Gasteiger partial charge in [-0.3, -0.25) is 0 Å². The monoisotopic (exact) mass is 318 g/mol. The molecule has 0 unspecified atom stereocenters. The molecule has 2 heterocycles. The lowest BCUT2D eigenvalue weighted by Crippen LogP contribution is -2.35. The van der Waals surface area contributed by atoms with Gasteiger partial charge >= 0.3 is 6.09 Å². The third-order valence-corrected chi connectivity index (χ3v) is 2.72. The Labute approximate surface area is 135 Å². The van der Waals surface area contributed by atoms with Gasteiger partial charge < -0.3 is 19.8 Å². The number of anilines is 1. The van der Waals surface area contributed by atoms with Gasteiger partial charge in [0.2, 0.25) is 5.95 Å². The van der Waals surface area contributed by atoms with E-state index in [1.165, 1.54) is 0 Å². The minimum atomic E-state index is -0.504. The van der Waals surface area contributed by atoms with Crippen LogP contribution in [0.15, 0.2) is 28.8 Å². The lowest BCUT2D eigenvalue weighted by atomic mass is 10.2. The molecule has 0 atom stereocenters. The highest BCUT2D eigenvalue weighted by Crippen LogP contribution is 2.20. The number of nitrogens with zero attached hydrogens (tertiary/aromatic N) is 2. The lowest BCUT2D eigenvalue weighted by Gasteiger charge is -2.19. The summed E-state index contributed by atoms with van der Waals surface area (Å²) in [7, 11) is 0. The fourth-order valence-electron chi connectivity index (χ4n) is 1.81. The van der Waals surface area contributed by atoms with Crippen LogP contribution in [0.4, 0.5) is 10.7 Å². The zero-order chi connectivity index (χ0) is 16.9. The van der Waals surface area contributed by atoms with Crippen molar-refractivity contribution in [1.82, 2.24) is 15.3 Å². The van der Waals surface area contributed by atoms with E-state index in [9.17, 15) is 4.79 Å². The summed E-state index contributed by atoms with van der Waals surface area (Å²) in [6.45, 7) is 8.23. The molecule has 124 valence electrons. The molecule has 1 amide bonds. The van der Waals surface area contributed by atoms with Crippen LogP contribution < -0.4 is 10.6 Å². The van der Waals surface area contributed by atoms with Crippen LogP contribution in [0.5, 0.6) is 0 Å². The van der Waals surface area contributed by atoms with Crippen molar-refractivity contribution in [3.63, 3.8) is 0 Å². The maximum Gasteiger partial charge on any atom is 0.407 e. The number of hydrogen-bond donors (Lipinski definition) is 2. The van der Waals surface area contributed by atoms with Crippen molar-refractivity contribution in [3.8, 4) is 11.5 Å². The summed E-state index contributed by atoms with van der Waals surface area (Å²) in [5.74, 6) is 2.00. The number of hydrogen-bond acceptors (Lipinski definition) is 6. The van der Waals surface area contributed by atoms with Crippen LogP contribution in [-0.4, -0.2) is 34.8 Å². The van der Waals surface area contributed by atoms with Crippen molar-refractivity contribution in [1.29, 1.82) is 0 Å². The smallest absolute Gasteiger partial charge is 0.407 e. The number of alkyl carbamates (subject to hydrolysis) is 1. The Balaban J connectivity index is 1.81. The molecule has 2 N–H and O–H groups in total. The molecule has 2 aromatic rings. The predicted molar refractivity (Wildman–Crippen MR) is 87.2 cm³/mol. The van der Waals surface area contributed by atoms with E-state index in [0.29, 0.717) is 30.5 Å². The third kappa shape index (κ3) is 5.61. The molecule has 0 spiro atoms. The van der Waals surface area contributed by atoms with E-state index in [1.54, 1.807) is 12.3 Å². The number of furan rings is 1. The van der Waals surface area contributed by atoms with Crippen LogP contribution in [0.2, 0.25) is 0 Å². The summed E-state index contributed by atoms with van der Waals surface area (Å²) in [6, 6.07) is 5.53. The first-order valence-corrected chi connectivity index (χ1v) is 7.44. The normalized spacial score (nSPS) is 11.1. The standard InChI is InChI=1S/C16H22N4O3/c1-11-5-6-13(22-11)12-7-8-17-14(20-12)18-9-10-19-15(21)23-16(2,3)4/h5-8H,9-10H2,1-4H3,(H,19,21)(H,17,18,20). The van der Waals surface area contributed by atoms with E-state index in [0.717, 1.165) is 5.76 Å². The second kappa shape index (κ2) is 7.13. The number of ether oxygens (including phenoxy) is 1. The van der Waals surface area contributed by atoms with Gasteiger partial charge in [-0.15, -0.1) is 0 Å². The number of aromatic nitrogens is 2. The topological polar surface area (TPSA) is 89.3 Å². The van der Waals surface area contributed by atoms with Gasteiger partial charge in [0, 0.05) is 19.3 Å².